The second-order valence-corrected chi connectivity index (χ2v) is 11.9. The molecule has 3 N–H and O–H groups in total. The number of carbonyl (C=O) groups is 3. The molecule has 0 radical (unpaired) electrons. The van der Waals surface area contributed by atoms with Crippen molar-refractivity contribution in [1.82, 2.24) is 10.2 Å². The quantitative estimate of drug-likeness (QED) is 0.264. The van der Waals surface area contributed by atoms with Crippen LogP contribution < -0.4 is 15.5 Å². The largest absolute Gasteiger partial charge is 0.490 e. The van der Waals surface area contributed by atoms with Gasteiger partial charge in [0.25, 0.3) is 5.91 Å². The van der Waals surface area contributed by atoms with Crippen molar-refractivity contribution in [2.45, 2.75) is 25.2 Å². The first-order chi connectivity index (χ1) is 20.8. The van der Waals surface area contributed by atoms with E-state index in [2.05, 4.69) is 27.5 Å². The molecule has 0 aliphatic carbocycles. The van der Waals surface area contributed by atoms with E-state index in [1.165, 1.54) is 0 Å². The summed E-state index contributed by atoms with van der Waals surface area (Å²) in [6.45, 7) is 4.15. The first-order valence-electron chi connectivity index (χ1n) is 13.4. The number of carboxylic acid groups (broad SMARTS) is 1. The first kappa shape index (κ1) is 35.1. The predicted octanol–water partition coefficient (Wildman–Crippen LogP) is 5.78. The van der Waals surface area contributed by atoms with Crippen molar-refractivity contribution in [3.05, 3.63) is 80.5 Å². The van der Waals surface area contributed by atoms with E-state index in [0.29, 0.717) is 26.5 Å². The minimum absolute atomic E-state index is 0.00130. The van der Waals surface area contributed by atoms with Gasteiger partial charge in [-0.3, -0.25) is 9.59 Å². The summed E-state index contributed by atoms with van der Waals surface area (Å²) in [4.78, 5) is 39.9. The zero-order chi connectivity index (χ0) is 32.3. The van der Waals surface area contributed by atoms with Crippen LogP contribution >= 0.6 is 34.5 Å². The fraction of sp³-hybridized carbons (Fsp3) is 0.345. The number of ether oxygens (including phenoxy) is 1. The van der Waals surface area contributed by atoms with Gasteiger partial charge in [0.2, 0.25) is 5.91 Å². The number of hydrogen-bond acceptors (Lipinski definition) is 7. The second kappa shape index (κ2) is 16.6. The molecule has 1 saturated heterocycles. The van der Waals surface area contributed by atoms with Crippen molar-refractivity contribution in [3.8, 4) is 0 Å². The van der Waals surface area contributed by atoms with E-state index >= 15 is 0 Å². The highest BCUT2D eigenvalue weighted by Crippen LogP contribution is 2.30. The summed E-state index contributed by atoms with van der Waals surface area (Å²) in [5.41, 5.74) is 2.47. The van der Waals surface area contributed by atoms with Gasteiger partial charge in [0.05, 0.1) is 33.1 Å². The smallest absolute Gasteiger partial charge is 0.475 e. The van der Waals surface area contributed by atoms with Crippen LogP contribution in [0.5, 0.6) is 0 Å². The fourth-order valence-corrected chi connectivity index (χ4v) is 5.32. The van der Waals surface area contributed by atoms with E-state index in [4.69, 9.17) is 37.8 Å². The Kier molecular flexibility index (Phi) is 13.3. The Morgan fingerprint density at radius 3 is 2.34 bits per heavy atom. The van der Waals surface area contributed by atoms with Gasteiger partial charge in [-0.2, -0.15) is 13.2 Å². The van der Waals surface area contributed by atoms with Crippen molar-refractivity contribution in [3.63, 3.8) is 0 Å². The molecular weight excluding hydrogens is 644 g/mol. The molecule has 1 fully saturated rings. The number of amides is 2. The SMILES string of the molecule is CN1CCCN(c2ccc(NC(=O)[C@@H](COCc3ccccc3)NC(=O)c3ccc(Cl)s3)cc2Cl)CC1.O=C(O)C(F)(F)F. The second-order valence-electron chi connectivity index (χ2n) is 9.73. The average molecular weight is 676 g/mol. The summed E-state index contributed by atoms with van der Waals surface area (Å²) in [5, 5.41) is 13.3. The molecule has 2 amide bonds. The number of alkyl halides is 3. The maximum absolute atomic E-state index is 13.2. The third kappa shape index (κ3) is 11.3. The molecule has 0 spiro atoms. The molecule has 1 aliphatic rings. The van der Waals surface area contributed by atoms with Crippen molar-refractivity contribution in [1.29, 1.82) is 0 Å². The molecular formula is C29H31Cl2F3N4O5S. The standard InChI is InChI=1S/C27H30Cl2N4O3S.C2HF3O2/c1-32-12-5-13-33(15-14-32)23-9-8-20(16-21(23)28)30-26(34)22(18-36-17-19-6-3-2-4-7-19)31-27(35)24-10-11-25(29)37-24;3-2(4,5)1(6)7/h2-4,6-11,16,22H,5,12-15,17-18H2,1H3,(H,30,34)(H,31,35);(H,6,7)/t22-;/m1./s1. The van der Waals surface area contributed by atoms with Gasteiger partial charge in [-0.05, 0) is 55.9 Å². The minimum atomic E-state index is -5.08. The number of likely N-dealkylation sites (N-methyl/N-ethyl adjacent to an activating group) is 1. The summed E-state index contributed by atoms with van der Waals surface area (Å²) < 4.78 is 38.0. The number of anilines is 2. The van der Waals surface area contributed by atoms with Gasteiger partial charge < -0.3 is 30.3 Å². The summed E-state index contributed by atoms with van der Waals surface area (Å²) in [6.07, 6.45) is -4.02. The molecule has 238 valence electrons. The topological polar surface area (TPSA) is 111 Å². The van der Waals surface area contributed by atoms with Crippen molar-refractivity contribution in [2.75, 3.05) is 50.1 Å². The number of carbonyl (C=O) groups excluding carboxylic acids is 2. The molecule has 1 aliphatic heterocycles. The Balaban J connectivity index is 0.000000676. The number of hydrogen-bond donors (Lipinski definition) is 3. The number of aliphatic carboxylic acids is 1. The third-order valence-corrected chi connectivity index (χ3v) is 7.87. The van der Waals surface area contributed by atoms with Crippen molar-refractivity contribution < 1.29 is 37.4 Å². The van der Waals surface area contributed by atoms with Gasteiger partial charge in [-0.15, -0.1) is 11.3 Å². The Bertz CT molecular complexity index is 1410. The van der Waals surface area contributed by atoms with E-state index in [1.54, 1.807) is 18.2 Å². The van der Waals surface area contributed by atoms with Crippen LogP contribution in [-0.4, -0.2) is 79.8 Å². The van der Waals surface area contributed by atoms with Gasteiger partial charge in [-0.1, -0.05) is 53.5 Å². The molecule has 1 aromatic heterocycles. The third-order valence-electron chi connectivity index (χ3n) is 6.33. The summed E-state index contributed by atoms with van der Waals surface area (Å²) in [6, 6.07) is 17.5. The monoisotopic (exact) mass is 674 g/mol. The Hall–Kier alpha value is -3.36. The predicted molar refractivity (Wildman–Crippen MR) is 165 cm³/mol. The summed E-state index contributed by atoms with van der Waals surface area (Å²) in [7, 11) is 2.12. The van der Waals surface area contributed by atoms with Crippen LogP contribution in [0.15, 0.2) is 60.7 Å². The van der Waals surface area contributed by atoms with Crippen LogP contribution in [-0.2, 0) is 20.9 Å². The van der Waals surface area contributed by atoms with Crippen LogP contribution in [0.3, 0.4) is 0 Å². The Morgan fingerprint density at radius 1 is 1.02 bits per heavy atom. The van der Waals surface area contributed by atoms with Crippen molar-refractivity contribution >= 4 is 63.7 Å². The molecule has 0 unspecified atom stereocenters. The summed E-state index contributed by atoms with van der Waals surface area (Å²) >= 11 is 13.7. The van der Waals surface area contributed by atoms with E-state index in [1.807, 2.05) is 42.5 Å². The zero-order valence-corrected chi connectivity index (χ0v) is 25.9. The number of nitrogens with one attached hydrogen (secondary N) is 2. The lowest BCUT2D eigenvalue weighted by Crippen LogP contribution is -2.46. The van der Waals surface area contributed by atoms with Crippen LogP contribution in [0.25, 0.3) is 0 Å². The highest BCUT2D eigenvalue weighted by atomic mass is 35.5. The van der Waals surface area contributed by atoms with Crippen molar-refractivity contribution in [2.24, 2.45) is 0 Å². The molecule has 4 rings (SSSR count). The highest BCUT2D eigenvalue weighted by Gasteiger charge is 2.38. The fourth-order valence-electron chi connectivity index (χ4n) is 4.08. The molecule has 0 bridgehead atoms. The maximum Gasteiger partial charge on any atom is 0.490 e. The number of carboxylic acids is 1. The number of halogens is 5. The molecule has 3 aromatic rings. The van der Waals surface area contributed by atoms with Gasteiger partial charge >= 0.3 is 12.1 Å². The average Bonchev–Trinajstić information content (AvgIpc) is 3.30. The molecule has 1 atom stereocenters. The van der Waals surface area contributed by atoms with Crippen LogP contribution in [0.4, 0.5) is 24.5 Å². The van der Waals surface area contributed by atoms with Crippen LogP contribution in [0.1, 0.15) is 21.7 Å². The number of rotatable bonds is 9. The Labute approximate surface area is 266 Å². The van der Waals surface area contributed by atoms with E-state index in [9.17, 15) is 22.8 Å². The molecule has 44 heavy (non-hydrogen) atoms. The normalized spacial score (nSPS) is 14.5. The van der Waals surface area contributed by atoms with E-state index in [0.717, 1.165) is 55.2 Å². The zero-order valence-electron chi connectivity index (χ0n) is 23.6. The van der Waals surface area contributed by atoms with Crippen LogP contribution in [0, 0.1) is 0 Å². The number of benzene rings is 2. The highest BCUT2D eigenvalue weighted by molar-refractivity contribution is 7.18. The Morgan fingerprint density at radius 2 is 1.73 bits per heavy atom. The lowest BCUT2D eigenvalue weighted by Gasteiger charge is -2.24. The minimum Gasteiger partial charge on any atom is -0.475 e. The molecule has 9 nitrogen and oxygen atoms in total. The molecule has 15 heteroatoms. The molecule has 2 heterocycles. The van der Waals surface area contributed by atoms with Crippen LogP contribution in [0.2, 0.25) is 9.36 Å². The van der Waals surface area contributed by atoms with E-state index < -0.39 is 24.1 Å². The molecule has 2 aromatic carbocycles. The van der Waals surface area contributed by atoms with Gasteiger partial charge in [0.1, 0.15) is 6.04 Å². The van der Waals surface area contributed by atoms with Gasteiger partial charge in [0, 0.05) is 25.3 Å². The van der Waals surface area contributed by atoms with Gasteiger partial charge in [-0.25, -0.2) is 4.79 Å². The summed E-state index contributed by atoms with van der Waals surface area (Å²) in [5.74, 6) is -3.54. The number of thiophene rings is 1. The molecule has 0 saturated carbocycles. The van der Waals surface area contributed by atoms with E-state index in [-0.39, 0.29) is 12.5 Å². The van der Waals surface area contributed by atoms with Gasteiger partial charge in [0.15, 0.2) is 0 Å². The number of nitrogens with zero attached hydrogens (tertiary/aromatic N) is 2. The first-order valence-corrected chi connectivity index (χ1v) is 14.9. The lowest BCUT2D eigenvalue weighted by atomic mass is 10.2. The lowest BCUT2D eigenvalue weighted by molar-refractivity contribution is -0.192. The maximum atomic E-state index is 13.2.